The summed E-state index contributed by atoms with van der Waals surface area (Å²) in [5, 5.41) is 0. The predicted molar refractivity (Wildman–Crippen MR) is 462 cm³/mol. The van der Waals surface area contributed by atoms with Gasteiger partial charge in [-0.15, -0.1) is 0 Å². The van der Waals surface area contributed by atoms with Crippen LogP contribution in [0.15, 0.2) is 212 Å². The third kappa shape index (κ3) is 13.5. The maximum Gasteiger partial charge on any atom is 0.252 e. The minimum Gasteiger partial charge on any atom is -0.311 e. The van der Waals surface area contributed by atoms with Crippen LogP contribution in [0.1, 0.15) is 243 Å². The fraction of sp³-hybridized carbons (Fsp3) is 0.366. The number of anilines is 6. The maximum atomic E-state index is 5.61. The van der Waals surface area contributed by atoms with Crippen LogP contribution in [0.5, 0.6) is 0 Å². The zero-order valence-electron chi connectivity index (χ0n) is 69.1. The second-order valence-electron chi connectivity index (χ2n) is 40.6. The highest BCUT2D eigenvalue weighted by Gasteiger charge is 2.48. The van der Waals surface area contributed by atoms with Crippen LogP contribution in [0, 0.1) is 5.41 Å². The topological polar surface area (TPSA) is 22.4 Å². The van der Waals surface area contributed by atoms with E-state index < -0.39 is 0 Å². The molecule has 3 aliphatic heterocycles. The van der Waals surface area contributed by atoms with Crippen LogP contribution in [0.25, 0.3) is 44.5 Å². The molecule has 4 aliphatic rings. The van der Waals surface area contributed by atoms with Gasteiger partial charge in [0.1, 0.15) is 0 Å². The molecule has 542 valence electrons. The van der Waals surface area contributed by atoms with Gasteiger partial charge in [-0.05, 0) is 187 Å². The lowest BCUT2D eigenvalue weighted by molar-refractivity contribution is 0.514. The summed E-state index contributed by atoms with van der Waals surface area (Å²) in [6.07, 6.45) is 7.41. The lowest BCUT2D eigenvalue weighted by Crippen LogP contribution is -2.61. The second kappa shape index (κ2) is 25.3. The van der Waals surface area contributed by atoms with E-state index in [9.17, 15) is 0 Å². The Kier molecular flexibility index (Phi) is 17.6. The van der Waals surface area contributed by atoms with Crippen molar-refractivity contribution in [3.8, 4) is 44.5 Å². The number of hydrogen-bond donors (Lipinski definition) is 0. The summed E-state index contributed by atoms with van der Waals surface area (Å²) in [6, 6.07) is 74.9. The molecule has 1 aromatic heterocycles. The second-order valence-corrected chi connectivity index (χ2v) is 40.6. The Bertz CT molecular complexity index is 5210. The van der Waals surface area contributed by atoms with E-state index in [1.54, 1.807) is 0 Å². The first-order valence-corrected chi connectivity index (χ1v) is 39.1. The summed E-state index contributed by atoms with van der Waals surface area (Å²) in [6.45, 7) is 63.5. The first kappa shape index (κ1) is 73.8. The van der Waals surface area contributed by atoms with Crippen molar-refractivity contribution < 1.29 is 0 Å². The van der Waals surface area contributed by atoms with Crippen molar-refractivity contribution in [3.05, 3.63) is 262 Å². The van der Waals surface area contributed by atoms with Crippen molar-refractivity contribution in [2.45, 2.75) is 236 Å². The Morgan fingerprint density at radius 3 is 1.33 bits per heavy atom. The van der Waals surface area contributed by atoms with E-state index >= 15 is 0 Å². The molecule has 0 N–H and O–H groups in total. The molecule has 4 heterocycles. The zero-order valence-corrected chi connectivity index (χ0v) is 69.1. The highest BCUT2D eigenvalue weighted by Crippen LogP contribution is 2.55. The number of hydrogen-bond acceptors (Lipinski definition) is 3. The van der Waals surface area contributed by atoms with E-state index in [0.717, 1.165) is 39.7 Å². The van der Waals surface area contributed by atoms with E-state index in [1.807, 2.05) is 0 Å². The van der Waals surface area contributed by atoms with Crippen molar-refractivity contribution in [1.29, 1.82) is 0 Å². The van der Waals surface area contributed by atoms with Crippen molar-refractivity contribution in [2.24, 2.45) is 5.41 Å². The van der Waals surface area contributed by atoms with Crippen LogP contribution in [0.3, 0.4) is 0 Å². The van der Waals surface area contributed by atoms with E-state index in [2.05, 4.69) is 408 Å². The van der Waals surface area contributed by atoms with Crippen molar-refractivity contribution in [3.63, 3.8) is 0 Å². The molecule has 4 nitrogen and oxygen atoms in total. The van der Waals surface area contributed by atoms with E-state index in [-0.39, 0.29) is 61.4 Å². The summed E-state index contributed by atoms with van der Waals surface area (Å²) in [5.74, 6) is 0.0661. The van der Waals surface area contributed by atoms with Gasteiger partial charge in [0.15, 0.2) is 5.71 Å². The summed E-state index contributed by atoms with van der Waals surface area (Å²) >= 11 is 0. The standard InChI is InChI=1S/C101H116BN4/c1-93(2,3)68-39-44-83-79(55-68)80-56-69(94(4,5)6)40-45-84(80)104(83)75-41-43-82-86(61-75)106(92-77(63-36-32-29-33-37-63)57-73(98(16,17)18)58-78(92)67-51-89(100(22,23)24)103-90(52-67)101(25,26)27)88-60-74(99(19,20)21)59-87-91(88)102(82)81-42-38-64(65-46-70(95(7,8)9)53-71(47-65)96(10,11)12)50-85(81)105(87)76-49-66(62-34-30-28-31-35-62)48-72(54-76)97(13,14)15/h28-61,79H,1-27H3/q+1. The number of aromatic nitrogens is 1. The Labute approximate surface area is 638 Å². The summed E-state index contributed by atoms with van der Waals surface area (Å²) in [5.41, 5.74) is 35.3. The molecule has 0 radical (unpaired) electrons. The van der Waals surface area contributed by atoms with Gasteiger partial charge in [-0.25, -0.2) is 0 Å². The Morgan fingerprint density at radius 1 is 0.330 bits per heavy atom. The van der Waals surface area contributed by atoms with E-state index in [1.165, 1.54) is 128 Å². The summed E-state index contributed by atoms with van der Waals surface area (Å²) in [7, 11) is 0. The Hall–Kier alpha value is -9.06. The third-order valence-corrected chi connectivity index (χ3v) is 23.0. The normalized spacial score (nSPS) is 15.5. The smallest absolute Gasteiger partial charge is 0.252 e. The number of benzene rings is 9. The average Bonchev–Trinajstić information content (AvgIpc) is 0.747. The molecule has 0 amide bonds. The lowest BCUT2D eigenvalue weighted by atomic mass is 9.33. The van der Waals surface area contributed by atoms with Gasteiger partial charge in [0, 0.05) is 91.6 Å². The zero-order chi connectivity index (χ0) is 76.5. The van der Waals surface area contributed by atoms with Gasteiger partial charge in [0.05, 0.1) is 11.6 Å². The molecule has 5 heteroatoms. The number of rotatable bonds is 7. The molecule has 1 aliphatic carbocycles. The number of fused-ring (bicyclic) bond motifs is 7. The molecule has 1 unspecified atom stereocenters. The predicted octanol–water partition coefficient (Wildman–Crippen LogP) is 26.1. The van der Waals surface area contributed by atoms with Crippen molar-refractivity contribution in [2.75, 3.05) is 9.80 Å². The fourth-order valence-electron chi connectivity index (χ4n) is 16.2. The average molecular weight is 1400 g/mol. The van der Waals surface area contributed by atoms with Gasteiger partial charge in [-0.3, -0.25) is 4.98 Å². The Morgan fingerprint density at radius 2 is 0.802 bits per heavy atom. The van der Waals surface area contributed by atoms with Gasteiger partial charge in [-0.2, -0.15) is 4.58 Å². The van der Waals surface area contributed by atoms with Gasteiger partial charge in [-0.1, -0.05) is 308 Å². The number of allylic oxidation sites excluding steroid dienone is 4. The quantitative estimate of drug-likeness (QED) is 0.117. The molecule has 0 fully saturated rings. The van der Waals surface area contributed by atoms with Crippen LogP contribution in [0.4, 0.5) is 45.5 Å². The van der Waals surface area contributed by atoms with Crippen LogP contribution < -0.4 is 30.8 Å². The van der Waals surface area contributed by atoms with Crippen molar-refractivity contribution >= 4 is 74.3 Å². The summed E-state index contributed by atoms with van der Waals surface area (Å²) in [4.78, 5) is 11.1. The molecule has 0 spiro atoms. The molecule has 0 saturated heterocycles. The first-order chi connectivity index (χ1) is 49.2. The van der Waals surface area contributed by atoms with Crippen LogP contribution in [-0.2, 0) is 43.3 Å². The van der Waals surface area contributed by atoms with Gasteiger partial charge in [0.25, 0.3) is 6.71 Å². The highest BCUT2D eigenvalue weighted by atomic mass is 15.2. The minimum atomic E-state index is -0.305. The van der Waals surface area contributed by atoms with Crippen LogP contribution in [0.2, 0.25) is 0 Å². The van der Waals surface area contributed by atoms with Gasteiger partial charge < -0.3 is 9.80 Å². The van der Waals surface area contributed by atoms with E-state index in [0.29, 0.717) is 0 Å². The lowest BCUT2D eigenvalue weighted by Gasteiger charge is -2.46. The molecule has 9 aromatic carbocycles. The SMILES string of the molecule is CC(C)(C)C1=CC2C(=[N+](c3ccc4c(c3)N(c3c(-c5ccccc5)cc(C(C)(C)C)cc3-c3cc(C(C)(C)C)nc(C(C)(C)C)c3)c3cc(C(C)(C)C)cc5c3B4c3ccc(-c4cc(C(C)(C)C)cc(C(C)(C)C)c4)cc3N5c3cc(-c4ccccc4)cc(C(C)(C)C)c3)c3ccc(C(C)(C)C)cc32)C=C1. The van der Waals surface area contributed by atoms with Gasteiger partial charge >= 0.3 is 0 Å². The van der Waals surface area contributed by atoms with Crippen LogP contribution >= 0.6 is 0 Å². The molecule has 0 bridgehead atoms. The molecule has 106 heavy (non-hydrogen) atoms. The van der Waals surface area contributed by atoms with Crippen LogP contribution in [-0.4, -0.2) is 17.4 Å². The Balaban J connectivity index is 1.18. The first-order valence-electron chi connectivity index (χ1n) is 39.1. The molecule has 10 aromatic rings. The molecular weight excluding hydrogens is 1280 g/mol. The molecule has 0 saturated carbocycles. The minimum absolute atomic E-state index is 0.0351. The van der Waals surface area contributed by atoms with Crippen molar-refractivity contribution in [1.82, 2.24) is 9.56 Å². The monoisotopic (exact) mass is 1400 g/mol. The molecule has 14 rings (SSSR count). The number of pyridine rings is 1. The van der Waals surface area contributed by atoms with E-state index in [4.69, 9.17) is 4.98 Å². The summed E-state index contributed by atoms with van der Waals surface area (Å²) < 4.78 is 2.62. The number of nitrogens with zero attached hydrogens (tertiary/aromatic N) is 4. The third-order valence-electron chi connectivity index (χ3n) is 23.0. The molecule has 1 atom stereocenters. The molecular formula is C101H116BN4+. The fourth-order valence-corrected chi connectivity index (χ4v) is 16.2. The largest absolute Gasteiger partial charge is 0.311 e. The maximum absolute atomic E-state index is 5.61. The van der Waals surface area contributed by atoms with Gasteiger partial charge in [0.2, 0.25) is 11.4 Å². The highest BCUT2D eigenvalue weighted by molar-refractivity contribution is 7.00.